The Bertz CT molecular complexity index is 1570. The van der Waals surface area contributed by atoms with Gasteiger partial charge >= 0.3 is 0 Å². The summed E-state index contributed by atoms with van der Waals surface area (Å²) in [5.41, 5.74) is 7.49. The van der Waals surface area contributed by atoms with Crippen LogP contribution >= 0.6 is 0 Å². The van der Waals surface area contributed by atoms with E-state index in [1.165, 1.54) is 5.56 Å². The van der Waals surface area contributed by atoms with Crippen molar-refractivity contribution in [2.75, 3.05) is 9.80 Å². The number of hydrogen-bond donors (Lipinski definition) is 0. The number of pyridine rings is 1. The van der Waals surface area contributed by atoms with Gasteiger partial charge in [-0.1, -0.05) is 66.7 Å². The van der Waals surface area contributed by atoms with Crippen molar-refractivity contribution in [1.82, 2.24) is 14.8 Å². The van der Waals surface area contributed by atoms with Crippen molar-refractivity contribution in [2.24, 2.45) is 4.99 Å². The highest BCUT2D eigenvalue weighted by Crippen LogP contribution is 2.50. The van der Waals surface area contributed by atoms with E-state index in [9.17, 15) is 0 Å². The fraction of sp³-hybridized carbons (Fsp3) is 0.100. The first-order chi connectivity index (χ1) is 17.8. The van der Waals surface area contributed by atoms with Crippen molar-refractivity contribution >= 4 is 23.2 Å². The molecule has 174 valence electrons. The third-order valence-electron chi connectivity index (χ3n) is 6.86. The van der Waals surface area contributed by atoms with Crippen LogP contribution in [0.4, 0.5) is 17.2 Å². The molecule has 4 heterocycles. The zero-order chi connectivity index (χ0) is 24.1. The van der Waals surface area contributed by atoms with Crippen LogP contribution in [0.5, 0.6) is 0 Å². The minimum absolute atomic E-state index is 0.145. The van der Waals surface area contributed by atoms with E-state index in [-0.39, 0.29) is 6.04 Å². The highest BCUT2D eigenvalue weighted by molar-refractivity contribution is 6.18. The van der Waals surface area contributed by atoms with E-state index >= 15 is 0 Å². The monoisotopic (exact) mass is 468 g/mol. The molecule has 1 unspecified atom stereocenters. The van der Waals surface area contributed by atoms with E-state index in [1.54, 1.807) is 0 Å². The Balaban J connectivity index is 1.49. The van der Waals surface area contributed by atoms with Crippen LogP contribution in [-0.2, 0) is 6.54 Å². The number of anilines is 2. The van der Waals surface area contributed by atoms with Gasteiger partial charge in [0, 0.05) is 11.8 Å². The number of fused-ring (bicyclic) bond motifs is 4. The SMILES string of the molecule is Cc1nn(-c2ccccc2)c2c1C(c1ccccn1)N1C(=N2)N(Cc2ccccc2)c2ccccc21. The van der Waals surface area contributed by atoms with Gasteiger partial charge < -0.3 is 4.90 Å². The second-order valence-corrected chi connectivity index (χ2v) is 9.07. The van der Waals surface area contributed by atoms with Gasteiger partial charge in [0.2, 0.25) is 5.96 Å². The molecule has 0 saturated heterocycles. The first-order valence-electron chi connectivity index (χ1n) is 12.1. The summed E-state index contributed by atoms with van der Waals surface area (Å²) >= 11 is 0. The normalized spacial score (nSPS) is 15.8. The fourth-order valence-corrected chi connectivity index (χ4v) is 5.28. The van der Waals surface area contributed by atoms with Gasteiger partial charge in [-0.2, -0.15) is 10.1 Å². The standard InChI is InChI=1S/C30H24N6/c1-21-27-28(24-16-10-11-19-31-24)35-26-18-9-8-17-25(26)34(20-22-12-4-2-5-13-22)30(35)32-29(27)36(33-21)23-14-6-3-7-15-23/h2-19,28H,20H2,1H3. The number of benzene rings is 3. The van der Waals surface area contributed by atoms with E-state index in [2.05, 4.69) is 89.5 Å². The molecule has 36 heavy (non-hydrogen) atoms. The molecular formula is C30H24N6. The molecule has 7 rings (SSSR count). The lowest BCUT2D eigenvalue weighted by atomic mass is 9.99. The molecular weight excluding hydrogens is 444 g/mol. The number of guanidine groups is 1. The molecule has 2 aliphatic heterocycles. The van der Waals surface area contributed by atoms with Crippen molar-refractivity contribution in [3.63, 3.8) is 0 Å². The molecule has 6 heteroatoms. The molecule has 2 aromatic heterocycles. The van der Waals surface area contributed by atoms with Crippen LogP contribution in [0.2, 0.25) is 0 Å². The smallest absolute Gasteiger partial charge is 0.213 e. The molecule has 0 radical (unpaired) electrons. The lowest BCUT2D eigenvalue weighted by Gasteiger charge is -2.34. The Morgan fingerprint density at radius 1 is 0.750 bits per heavy atom. The molecule has 0 fully saturated rings. The summed E-state index contributed by atoms with van der Waals surface area (Å²) in [5, 5.41) is 4.97. The molecule has 1 atom stereocenters. The quantitative estimate of drug-likeness (QED) is 0.315. The van der Waals surface area contributed by atoms with E-state index in [0.29, 0.717) is 0 Å². The maximum atomic E-state index is 5.31. The van der Waals surface area contributed by atoms with Crippen LogP contribution < -0.4 is 9.80 Å². The van der Waals surface area contributed by atoms with Crippen LogP contribution in [0.15, 0.2) is 114 Å². The summed E-state index contributed by atoms with van der Waals surface area (Å²) in [6, 6.07) is 35.3. The van der Waals surface area contributed by atoms with Gasteiger partial charge in [0.15, 0.2) is 5.82 Å². The van der Waals surface area contributed by atoms with E-state index in [1.807, 2.05) is 41.2 Å². The Hall–Kier alpha value is -4.71. The van der Waals surface area contributed by atoms with Gasteiger partial charge in [0.25, 0.3) is 0 Å². The number of aromatic nitrogens is 3. The zero-order valence-electron chi connectivity index (χ0n) is 19.9. The maximum absolute atomic E-state index is 5.31. The Labute approximate surface area is 209 Å². The van der Waals surface area contributed by atoms with Gasteiger partial charge in [-0.15, -0.1) is 0 Å². The van der Waals surface area contributed by atoms with Crippen molar-refractivity contribution < 1.29 is 0 Å². The van der Waals surface area contributed by atoms with Crippen molar-refractivity contribution in [1.29, 1.82) is 0 Å². The van der Waals surface area contributed by atoms with Crippen LogP contribution in [0.25, 0.3) is 5.69 Å². The average molecular weight is 469 g/mol. The molecule has 0 N–H and O–H groups in total. The average Bonchev–Trinajstić information content (AvgIpc) is 3.44. The van der Waals surface area contributed by atoms with Crippen LogP contribution in [-0.4, -0.2) is 20.7 Å². The predicted octanol–water partition coefficient (Wildman–Crippen LogP) is 6.19. The lowest BCUT2D eigenvalue weighted by molar-refractivity contribution is 0.783. The molecule has 2 aliphatic rings. The summed E-state index contributed by atoms with van der Waals surface area (Å²) in [7, 11) is 0. The van der Waals surface area contributed by atoms with Crippen molar-refractivity contribution in [2.45, 2.75) is 19.5 Å². The Kier molecular flexibility index (Phi) is 4.70. The van der Waals surface area contributed by atoms with Crippen LogP contribution in [0, 0.1) is 6.92 Å². The molecule has 0 spiro atoms. The van der Waals surface area contributed by atoms with E-state index in [4.69, 9.17) is 15.1 Å². The summed E-state index contributed by atoms with van der Waals surface area (Å²) in [6.07, 6.45) is 1.86. The third kappa shape index (κ3) is 3.15. The van der Waals surface area contributed by atoms with Gasteiger partial charge in [-0.3, -0.25) is 9.88 Å². The predicted molar refractivity (Wildman–Crippen MR) is 143 cm³/mol. The van der Waals surface area contributed by atoms with Gasteiger partial charge in [0.05, 0.1) is 35.0 Å². The molecule has 0 saturated carbocycles. The number of hydrogen-bond acceptors (Lipinski definition) is 5. The number of rotatable bonds is 4. The number of nitrogens with zero attached hydrogens (tertiary/aromatic N) is 6. The fourth-order valence-electron chi connectivity index (χ4n) is 5.28. The Morgan fingerprint density at radius 2 is 1.44 bits per heavy atom. The third-order valence-corrected chi connectivity index (χ3v) is 6.86. The van der Waals surface area contributed by atoms with Crippen LogP contribution in [0.1, 0.15) is 28.6 Å². The molecule has 6 nitrogen and oxygen atoms in total. The summed E-state index contributed by atoms with van der Waals surface area (Å²) < 4.78 is 1.97. The highest BCUT2D eigenvalue weighted by atomic mass is 15.5. The lowest BCUT2D eigenvalue weighted by Crippen LogP contribution is -2.43. The molecule has 0 bridgehead atoms. The molecule has 5 aromatic rings. The van der Waals surface area contributed by atoms with Crippen LogP contribution in [0.3, 0.4) is 0 Å². The molecule has 3 aromatic carbocycles. The highest BCUT2D eigenvalue weighted by Gasteiger charge is 2.44. The summed E-state index contributed by atoms with van der Waals surface area (Å²) in [6.45, 7) is 2.79. The van der Waals surface area contributed by atoms with Gasteiger partial charge in [-0.05, 0) is 48.9 Å². The van der Waals surface area contributed by atoms with E-state index in [0.717, 1.165) is 52.3 Å². The van der Waals surface area contributed by atoms with E-state index < -0.39 is 0 Å². The first-order valence-corrected chi connectivity index (χ1v) is 12.1. The number of para-hydroxylation sites is 3. The largest absolute Gasteiger partial charge is 0.305 e. The first kappa shape index (κ1) is 20.6. The number of aliphatic imine (C=N–C) groups is 1. The number of aryl methyl sites for hydroxylation is 1. The van der Waals surface area contributed by atoms with Crippen molar-refractivity contribution in [3.05, 3.63) is 132 Å². The summed E-state index contributed by atoms with van der Waals surface area (Å²) in [5.74, 6) is 1.74. The maximum Gasteiger partial charge on any atom is 0.213 e. The second kappa shape index (κ2) is 8.20. The molecule has 0 aliphatic carbocycles. The van der Waals surface area contributed by atoms with Gasteiger partial charge in [0.1, 0.15) is 6.04 Å². The summed E-state index contributed by atoms with van der Waals surface area (Å²) in [4.78, 5) is 14.8. The topological polar surface area (TPSA) is 49.6 Å². The van der Waals surface area contributed by atoms with Crippen molar-refractivity contribution in [3.8, 4) is 5.69 Å². The Morgan fingerprint density at radius 3 is 2.19 bits per heavy atom. The second-order valence-electron chi connectivity index (χ2n) is 9.07. The van der Waals surface area contributed by atoms with Gasteiger partial charge in [-0.25, -0.2) is 4.68 Å². The minimum Gasteiger partial charge on any atom is -0.305 e. The zero-order valence-corrected chi connectivity index (χ0v) is 19.9. The minimum atomic E-state index is -0.145. The molecule has 0 amide bonds.